The molecule has 1 atom stereocenters. The number of amides is 1. The van der Waals surface area contributed by atoms with Gasteiger partial charge in [-0.2, -0.15) is 0 Å². The first kappa shape index (κ1) is 16.2. The summed E-state index contributed by atoms with van der Waals surface area (Å²) in [5.74, 6) is 4.37. The Bertz CT molecular complexity index is 266. The molecule has 3 N–H and O–H groups in total. The van der Waals surface area contributed by atoms with Crippen molar-refractivity contribution in [3.05, 3.63) is 0 Å². The molecule has 0 rings (SSSR count). The van der Waals surface area contributed by atoms with Crippen molar-refractivity contribution in [3.63, 3.8) is 0 Å². The fraction of sp³-hybridized carbons (Fsp3) is 0.800. The van der Waals surface area contributed by atoms with Gasteiger partial charge in [0.1, 0.15) is 10.9 Å². The highest BCUT2D eigenvalue weighted by molar-refractivity contribution is 8.01. The molecule has 7 heteroatoms. The Morgan fingerprint density at radius 3 is 2.41 bits per heavy atom. The number of thioether (sulfide) groups is 1. The number of nitrogens with one attached hydrogen (secondary N) is 1. The largest absolute Gasteiger partial charge is 0.459 e. The summed E-state index contributed by atoms with van der Waals surface area (Å²) in [6.07, 6.45) is 0. The summed E-state index contributed by atoms with van der Waals surface area (Å²) in [6.45, 7) is 5.55. The SMILES string of the molecule is COCC(SCC(=O)OC(C)(C)C)C(=O)NN. The minimum absolute atomic E-state index is 0.0821. The van der Waals surface area contributed by atoms with Crippen molar-refractivity contribution in [3.8, 4) is 0 Å². The lowest BCUT2D eigenvalue weighted by atomic mass is 10.2. The Labute approximate surface area is 106 Å². The molecule has 0 aliphatic carbocycles. The van der Waals surface area contributed by atoms with Crippen LogP contribution in [0.3, 0.4) is 0 Å². The van der Waals surface area contributed by atoms with Crippen molar-refractivity contribution in [1.82, 2.24) is 5.43 Å². The highest BCUT2D eigenvalue weighted by Gasteiger charge is 2.22. The second kappa shape index (κ2) is 7.52. The molecule has 1 unspecified atom stereocenters. The summed E-state index contributed by atoms with van der Waals surface area (Å²) in [5, 5.41) is -0.516. The fourth-order valence-corrected chi connectivity index (χ4v) is 1.83. The number of carbonyl (C=O) groups is 2. The molecule has 0 spiro atoms. The lowest BCUT2D eigenvalue weighted by Gasteiger charge is -2.20. The minimum Gasteiger partial charge on any atom is -0.459 e. The Hall–Kier alpha value is -0.790. The predicted molar refractivity (Wildman–Crippen MR) is 66.3 cm³/mol. The molecule has 0 aromatic heterocycles. The van der Waals surface area contributed by atoms with Gasteiger partial charge in [-0.25, -0.2) is 5.84 Å². The van der Waals surface area contributed by atoms with E-state index in [2.05, 4.69) is 0 Å². The summed E-state index contributed by atoms with van der Waals surface area (Å²) < 4.78 is 9.99. The zero-order valence-corrected chi connectivity index (χ0v) is 11.4. The normalized spacial score (nSPS) is 13.0. The number of ether oxygens (including phenoxy) is 2. The van der Waals surface area contributed by atoms with Crippen LogP contribution in [0.1, 0.15) is 20.8 Å². The first-order valence-corrected chi connectivity index (χ1v) is 6.18. The van der Waals surface area contributed by atoms with Crippen molar-refractivity contribution in [2.24, 2.45) is 5.84 Å². The summed E-state index contributed by atoms with van der Waals surface area (Å²) in [7, 11) is 1.48. The summed E-state index contributed by atoms with van der Waals surface area (Å²) >= 11 is 1.14. The quantitative estimate of drug-likeness (QED) is 0.305. The van der Waals surface area contributed by atoms with Crippen LogP contribution in [-0.2, 0) is 19.1 Å². The molecule has 0 heterocycles. The van der Waals surface area contributed by atoms with Gasteiger partial charge in [0.15, 0.2) is 0 Å². The number of esters is 1. The van der Waals surface area contributed by atoms with Gasteiger partial charge in [0.05, 0.1) is 12.4 Å². The van der Waals surface area contributed by atoms with Crippen LogP contribution < -0.4 is 11.3 Å². The average Bonchev–Trinajstić information content (AvgIpc) is 2.20. The van der Waals surface area contributed by atoms with Crippen LogP contribution in [0.15, 0.2) is 0 Å². The summed E-state index contributed by atoms with van der Waals surface area (Å²) in [6, 6.07) is 0. The molecule has 0 aromatic rings. The van der Waals surface area contributed by atoms with Gasteiger partial charge in [-0.1, -0.05) is 0 Å². The van der Waals surface area contributed by atoms with E-state index in [4.69, 9.17) is 15.3 Å². The van der Waals surface area contributed by atoms with E-state index in [-0.39, 0.29) is 24.2 Å². The van der Waals surface area contributed by atoms with Gasteiger partial charge < -0.3 is 9.47 Å². The number of hydrazine groups is 1. The third-order valence-electron chi connectivity index (χ3n) is 1.58. The second-order valence-corrected chi connectivity index (χ2v) is 5.54. The van der Waals surface area contributed by atoms with Gasteiger partial charge in [0.2, 0.25) is 5.91 Å². The monoisotopic (exact) mass is 264 g/mol. The number of hydrogen-bond donors (Lipinski definition) is 2. The van der Waals surface area contributed by atoms with Crippen molar-refractivity contribution < 1.29 is 19.1 Å². The number of carbonyl (C=O) groups excluding carboxylic acids is 2. The average molecular weight is 264 g/mol. The second-order valence-electron chi connectivity index (χ2n) is 4.35. The molecule has 0 radical (unpaired) electrons. The summed E-state index contributed by atoms with van der Waals surface area (Å²) in [4.78, 5) is 22.7. The molecule has 0 fully saturated rings. The van der Waals surface area contributed by atoms with E-state index in [0.29, 0.717) is 0 Å². The van der Waals surface area contributed by atoms with Gasteiger partial charge in [0, 0.05) is 7.11 Å². The fourth-order valence-electron chi connectivity index (χ4n) is 0.983. The van der Waals surface area contributed by atoms with E-state index in [0.717, 1.165) is 11.8 Å². The molecule has 0 bridgehead atoms. The Balaban J connectivity index is 4.13. The van der Waals surface area contributed by atoms with Crippen molar-refractivity contribution in [2.45, 2.75) is 31.6 Å². The molecule has 0 aromatic carbocycles. The van der Waals surface area contributed by atoms with Crippen molar-refractivity contribution >= 4 is 23.6 Å². The Morgan fingerprint density at radius 2 is 2.00 bits per heavy atom. The molecular weight excluding hydrogens is 244 g/mol. The van der Waals surface area contributed by atoms with E-state index in [1.807, 2.05) is 5.43 Å². The number of rotatable bonds is 6. The molecule has 0 aliphatic rings. The van der Waals surface area contributed by atoms with Crippen molar-refractivity contribution in [1.29, 1.82) is 0 Å². The van der Waals surface area contributed by atoms with E-state index < -0.39 is 10.9 Å². The molecular formula is C10H20N2O4S. The number of hydrogen-bond acceptors (Lipinski definition) is 6. The highest BCUT2D eigenvalue weighted by atomic mass is 32.2. The zero-order valence-electron chi connectivity index (χ0n) is 10.6. The van der Waals surface area contributed by atoms with E-state index in [1.165, 1.54) is 7.11 Å². The third kappa shape index (κ3) is 8.00. The predicted octanol–water partition coefficient (Wildman–Crippen LogP) is 0.0662. The first-order valence-electron chi connectivity index (χ1n) is 5.13. The first-order chi connectivity index (χ1) is 7.80. The van der Waals surface area contributed by atoms with Crippen molar-refractivity contribution in [2.75, 3.05) is 19.5 Å². The van der Waals surface area contributed by atoms with Gasteiger partial charge in [-0.15, -0.1) is 11.8 Å². The van der Waals surface area contributed by atoms with E-state index in [1.54, 1.807) is 20.8 Å². The van der Waals surface area contributed by atoms with Crippen LogP contribution in [0.5, 0.6) is 0 Å². The zero-order chi connectivity index (χ0) is 13.5. The maximum atomic E-state index is 11.4. The number of methoxy groups -OCH3 is 1. The maximum absolute atomic E-state index is 11.4. The van der Waals surface area contributed by atoms with E-state index in [9.17, 15) is 9.59 Å². The molecule has 6 nitrogen and oxygen atoms in total. The summed E-state index contributed by atoms with van der Waals surface area (Å²) in [5.41, 5.74) is 1.51. The van der Waals surface area contributed by atoms with Gasteiger partial charge >= 0.3 is 5.97 Å². The molecule has 100 valence electrons. The van der Waals surface area contributed by atoms with Crippen LogP contribution in [0, 0.1) is 0 Å². The van der Waals surface area contributed by atoms with Crippen LogP contribution in [0.4, 0.5) is 0 Å². The van der Waals surface area contributed by atoms with Crippen LogP contribution in [0.25, 0.3) is 0 Å². The maximum Gasteiger partial charge on any atom is 0.316 e. The standard InChI is InChI=1S/C10H20N2O4S/c1-10(2,3)16-8(13)6-17-7(5-15-4)9(14)12-11/h7H,5-6,11H2,1-4H3,(H,12,14). The van der Waals surface area contributed by atoms with Crippen LogP contribution in [-0.4, -0.2) is 42.2 Å². The molecule has 0 aliphatic heterocycles. The van der Waals surface area contributed by atoms with Gasteiger partial charge in [-0.3, -0.25) is 15.0 Å². The van der Waals surface area contributed by atoms with Gasteiger partial charge in [-0.05, 0) is 20.8 Å². The number of nitrogens with two attached hydrogens (primary N) is 1. The smallest absolute Gasteiger partial charge is 0.316 e. The molecule has 0 saturated heterocycles. The molecule has 17 heavy (non-hydrogen) atoms. The lowest BCUT2D eigenvalue weighted by molar-refractivity contribution is -0.151. The van der Waals surface area contributed by atoms with Gasteiger partial charge in [0.25, 0.3) is 0 Å². The molecule has 1 amide bonds. The Morgan fingerprint density at radius 1 is 1.41 bits per heavy atom. The third-order valence-corrected chi connectivity index (χ3v) is 2.73. The highest BCUT2D eigenvalue weighted by Crippen LogP contribution is 2.14. The van der Waals surface area contributed by atoms with Crippen LogP contribution in [0.2, 0.25) is 0 Å². The van der Waals surface area contributed by atoms with E-state index >= 15 is 0 Å². The lowest BCUT2D eigenvalue weighted by Crippen LogP contribution is -2.40. The minimum atomic E-state index is -0.523. The molecule has 0 saturated carbocycles. The topological polar surface area (TPSA) is 90.6 Å². The van der Waals surface area contributed by atoms with Crippen LogP contribution >= 0.6 is 11.8 Å². The Kier molecular flexibility index (Phi) is 7.17.